The van der Waals surface area contributed by atoms with Gasteiger partial charge in [0.05, 0.1) is 0 Å². The number of fused-ring (bicyclic) bond motifs is 1. The van der Waals surface area contributed by atoms with Gasteiger partial charge in [-0.3, -0.25) is 14.0 Å². The summed E-state index contributed by atoms with van der Waals surface area (Å²) in [6, 6.07) is 0.194. The third kappa shape index (κ3) is 2.35. The third-order valence-corrected chi connectivity index (χ3v) is 4.76. The van der Waals surface area contributed by atoms with Crippen molar-refractivity contribution in [1.29, 1.82) is 0 Å². The Morgan fingerprint density at radius 3 is 2.90 bits per heavy atom. The van der Waals surface area contributed by atoms with Crippen molar-refractivity contribution in [1.82, 2.24) is 14.7 Å². The number of hydrogen-bond donors (Lipinski definition) is 1. The van der Waals surface area contributed by atoms with Crippen molar-refractivity contribution >= 4 is 22.2 Å². The fourth-order valence-electron chi connectivity index (χ4n) is 2.69. The Morgan fingerprint density at radius 2 is 2.15 bits per heavy atom. The molecule has 1 N–H and O–H groups in total. The molecule has 0 aromatic carbocycles. The molecular weight excluding hydrogens is 274 g/mol. The van der Waals surface area contributed by atoms with Gasteiger partial charge >= 0.3 is 0 Å². The molecule has 0 bridgehead atoms. The van der Waals surface area contributed by atoms with Gasteiger partial charge in [-0.05, 0) is 19.8 Å². The van der Waals surface area contributed by atoms with Gasteiger partial charge in [-0.25, -0.2) is 4.98 Å². The van der Waals surface area contributed by atoms with Crippen LogP contribution in [0.5, 0.6) is 0 Å². The maximum atomic E-state index is 12.4. The average molecular weight is 291 g/mol. The van der Waals surface area contributed by atoms with E-state index in [4.69, 9.17) is 0 Å². The first-order chi connectivity index (χ1) is 9.66. The highest BCUT2D eigenvalue weighted by atomic mass is 32.1. The summed E-state index contributed by atoms with van der Waals surface area (Å²) in [5, 5.41) is 4.83. The van der Waals surface area contributed by atoms with Crippen molar-refractivity contribution in [3.05, 3.63) is 33.2 Å². The molecule has 1 fully saturated rings. The third-order valence-electron chi connectivity index (χ3n) is 3.80. The minimum Gasteiger partial charge on any atom is -0.349 e. The van der Waals surface area contributed by atoms with Crippen molar-refractivity contribution in [2.75, 3.05) is 0 Å². The Bertz CT molecular complexity index is 698. The lowest BCUT2D eigenvalue weighted by molar-refractivity contribution is 0.0925. The molecule has 0 radical (unpaired) electrons. The second-order valence-corrected chi connectivity index (χ2v) is 6.12. The molecule has 5 nitrogen and oxygen atoms in total. The van der Waals surface area contributed by atoms with E-state index in [-0.39, 0.29) is 23.1 Å². The van der Waals surface area contributed by atoms with Crippen LogP contribution in [0.25, 0.3) is 4.96 Å². The van der Waals surface area contributed by atoms with Crippen LogP contribution >= 0.6 is 11.3 Å². The van der Waals surface area contributed by atoms with E-state index in [2.05, 4.69) is 10.3 Å². The van der Waals surface area contributed by atoms with Gasteiger partial charge in [0.15, 0.2) is 4.96 Å². The second-order valence-electron chi connectivity index (χ2n) is 5.28. The minimum atomic E-state index is -0.297. The summed E-state index contributed by atoms with van der Waals surface area (Å²) in [5.41, 5.74) is 0.673. The lowest BCUT2D eigenvalue weighted by atomic mass is 9.95. The minimum absolute atomic E-state index is 0.134. The molecular formula is C14H17N3O2S. The van der Waals surface area contributed by atoms with E-state index in [1.807, 2.05) is 12.3 Å². The van der Waals surface area contributed by atoms with Crippen molar-refractivity contribution in [2.24, 2.45) is 0 Å². The Labute approximate surface area is 120 Å². The molecule has 106 valence electrons. The summed E-state index contributed by atoms with van der Waals surface area (Å²) >= 11 is 1.40. The molecule has 6 heteroatoms. The first-order valence-corrected chi connectivity index (χ1v) is 7.81. The molecule has 2 heterocycles. The van der Waals surface area contributed by atoms with Gasteiger partial charge in [0.25, 0.3) is 11.5 Å². The van der Waals surface area contributed by atoms with Crippen LogP contribution in [0.15, 0.2) is 16.4 Å². The molecule has 2 aromatic heterocycles. The zero-order valence-corrected chi connectivity index (χ0v) is 12.2. The number of nitrogens with one attached hydrogen (secondary N) is 1. The van der Waals surface area contributed by atoms with Crippen molar-refractivity contribution in [3.8, 4) is 0 Å². The fraction of sp³-hybridized carbons (Fsp3) is 0.500. The van der Waals surface area contributed by atoms with Gasteiger partial charge < -0.3 is 5.32 Å². The molecule has 1 amide bonds. The molecule has 0 saturated heterocycles. The van der Waals surface area contributed by atoms with E-state index in [9.17, 15) is 9.59 Å². The zero-order chi connectivity index (χ0) is 14.1. The number of thiazole rings is 1. The normalized spacial score (nSPS) is 16.4. The van der Waals surface area contributed by atoms with Crippen LogP contribution in [0.2, 0.25) is 0 Å². The topological polar surface area (TPSA) is 63.5 Å². The van der Waals surface area contributed by atoms with Crippen LogP contribution in [0.4, 0.5) is 0 Å². The first kappa shape index (κ1) is 13.3. The molecule has 0 spiro atoms. The summed E-state index contributed by atoms with van der Waals surface area (Å²) in [7, 11) is 0. The van der Waals surface area contributed by atoms with Crippen molar-refractivity contribution < 1.29 is 4.79 Å². The molecule has 0 aliphatic heterocycles. The summed E-state index contributed by atoms with van der Waals surface area (Å²) in [5.74, 6) is -0.297. The largest absolute Gasteiger partial charge is 0.349 e. The van der Waals surface area contributed by atoms with E-state index in [0.29, 0.717) is 4.96 Å². The van der Waals surface area contributed by atoms with E-state index in [1.54, 1.807) is 0 Å². The van der Waals surface area contributed by atoms with Gasteiger partial charge in [0, 0.05) is 23.3 Å². The van der Waals surface area contributed by atoms with Crippen LogP contribution in [0, 0.1) is 6.92 Å². The number of carbonyl (C=O) groups is 1. The molecule has 20 heavy (non-hydrogen) atoms. The number of aryl methyl sites for hydroxylation is 1. The highest BCUT2D eigenvalue weighted by molar-refractivity contribution is 7.15. The Morgan fingerprint density at radius 1 is 1.40 bits per heavy atom. The van der Waals surface area contributed by atoms with Gasteiger partial charge in [0.1, 0.15) is 5.56 Å². The number of aromatic nitrogens is 2. The monoisotopic (exact) mass is 291 g/mol. The number of amides is 1. The molecule has 3 rings (SSSR count). The maximum Gasteiger partial charge on any atom is 0.271 e. The van der Waals surface area contributed by atoms with Gasteiger partial charge in [-0.15, -0.1) is 11.3 Å². The number of rotatable bonds is 2. The summed E-state index contributed by atoms with van der Waals surface area (Å²) in [6.45, 7) is 1.84. The van der Waals surface area contributed by atoms with E-state index >= 15 is 0 Å². The molecule has 0 unspecified atom stereocenters. The van der Waals surface area contributed by atoms with Gasteiger partial charge in [-0.2, -0.15) is 0 Å². The highest BCUT2D eigenvalue weighted by Crippen LogP contribution is 2.17. The molecule has 1 aliphatic carbocycles. The van der Waals surface area contributed by atoms with E-state index in [1.165, 1.54) is 28.4 Å². The smallest absolute Gasteiger partial charge is 0.271 e. The predicted molar refractivity (Wildman–Crippen MR) is 78.4 cm³/mol. The van der Waals surface area contributed by atoms with Crippen molar-refractivity contribution in [3.63, 3.8) is 0 Å². The van der Waals surface area contributed by atoms with Gasteiger partial charge in [-0.1, -0.05) is 19.3 Å². The maximum absolute atomic E-state index is 12.4. The number of hydrogen-bond acceptors (Lipinski definition) is 4. The predicted octanol–water partition coefficient (Wildman–Crippen LogP) is 2.13. The zero-order valence-electron chi connectivity index (χ0n) is 11.4. The lowest BCUT2D eigenvalue weighted by Crippen LogP contribution is -2.39. The molecule has 0 atom stereocenters. The standard InChI is InChI=1S/C14H17N3O2S/c1-9-8-20-14-15-7-11(13(19)17(9)14)12(18)16-10-5-3-2-4-6-10/h7-8,10H,2-6H2,1H3,(H,16,18). The SMILES string of the molecule is Cc1csc2ncc(C(=O)NC3CCCCC3)c(=O)n12. The van der Waals surface area contributed by atoms with Crippen LogP contribution < -0.4 is 10.9 Å². The molecule has 1 aliphatic rings. The fourth-order valence-corrected chi connectivity index (χ4v) is 3.52. The highest BCUT2D eigenvalue weighted by Gasteiger charge is 2.20. The van der Waals surface area contributed by atoms with Crippen LogP contribution in [0.1, 0.15) is 48.2 Å². The summed E-state index contributed by atoms with van der Waals surface area (Å²) < 4.78 is 1.50. The van der Waals surface area contributed by atoms with Gasteiger partial charge in [0.2, 0.25) is 0 Å². The second kappa shape index (κ2) is 5.36. The first-order valence-electron chi connectivity index (χ1n) is 6.93. The summed E-state index contributed by atoms with van der Waals surface area (Å²) in [6.07, 6.45) is 6.92. The number of carbonyl (C=O) groups excluding carboxylic acids is 1. The van der Waals surface area contributed by atoms with Crippen LogP contribution in [-0.4, -0.2) is 21.3 Å². The van der Waals surface area contributed by atoms with Crippen LogP contribution in [0.3, 0.4) is 0 Å². The van der Waals surface area contributed by atoms with Crippen molar-refractivity contribution in [2.45, 2.75) is 45.1 Å². The quantitative estimate of drug-likeness (QED) is 0.922. The Hall–Kier alpha value is -1.69. The average Bonchev–Trinajstić information content (AvgIpc) is 2.82. The van der Waals surface area contributed by atoms with E-state index < -0.39 is 0 Å². The summed E-state index contributed by atoms with van der Waals surface area (Å²) in [4.78, 5) is 29.4. The lowest BCUT2D eigenvalue weighted by Gasteiger charge is -2.22. The van der Waals surface area contributed by atoms with E-state index in [0.717, 1.165) is 31.4 Å². The Balaban J connectivity index is 1.89. The van der Waals surface area contributed by atoms with Crippen LogP contribution in [-0.2, 0) is 0 Å². The number of nitrogens with zero attached hydrogens (tertiary/aromatic N) is 2. The molecule has 1 saturated carbocycles. The Kier molecular flexibility index (Phi) is 3.56. The molecule has 2 aromatic rings.